The van der Waals surface area contributed by atoms with Gasteiger partial charge in [0.1, 0.15) is 18.1 Å². The van der Waals surface area contributed by atoms with Gasteiger partial charge in [0, 0.05) is 12.2 Å². The van der Waals surface area contributed by atoms with E-state index in [0.717, 1.165) is 49.0 Å². The molecule has 54 heavy (non-hydrogen) atoms. The SMILES string of the molecule is C=CC(=O)OCCCCCCOc1ccc(C(=O)Oc2ccc(/C=N/N=C/c3ccc(OOCc4ccc(OC(=O)C=C)cc4)cc3)cc2OCC)cc1. The number of benzene rings is 4. The molecule has 0 aliphatic rings. The van der Waals surface area contributed by atoms with Gasteiger partial charge >= 0.3 is 17.9 Å². The van der Waals surface area contributed by atoms with Gasteiger partial charge in [-0.1, -0.05) is 25.3 Å². The standard InChI is InChI=1S/C42H42N2O10/c1-4-40(45)50-26-10-8-7-9-25-49-35-22-16-34(17-23-35)42(47)53-38-24-15-33(27-39(38)48-6-3)29-44-43-28-31-11-20-37(21-12-31)54-51-30-32-13-18-36(19-14-32)52-41(46)5-2/h4-5,11-24,27-29H,1-2,6-10,25-26,30H2,3H3/b43-28+,44-29+. The van der Waals surface area contributed by atoms with E-state index in [2.05, 4.69) is 23.4 Å². The third kappa shape index (κ3) is 14.2. The lowest BCUT2D eigenvalue weighted by Crippen LogP contribution is -2.10. The van der Waals surface area contributed by atoms with Crippen molar-refractivity contribution in [3.05, 3.63) is 139 Å². The van der Waals surface area contributed by atoms with E-state index in [1.165, 1.54) is 0 Å². The van der Waals surface area contributed by atoms with E-state index in [4.69, 9.17) is 33.5 Å². The number of hydrogen-bond acceptors (Lipinski definition) is 12. The number of esters is 3. The lowest BCUT2D eigenvalue weighted by Gasteiger charge is -2.12. The zero-order valence-corrected chi connectivity index (χ0v) is 30.0. The average Bonchev–Trinajstić information content (AvgIpc) is 3.19. The minimum Gasteiger partial charge on any atom is -0.494 e. The molecule has 4 aromatic rings. The first-order valence-electron chi connectivity index (χ1n) is 17.3. The summed E-state index contributed by atoms with van der Waals surface area (Å²) in [5, 5.41) is 8.25. The van der Waals surface area contributed by atoms with Crippen LogP contribution in [-0.4, -0.2) is 50.2 Å². The molecule has 12 nitrogen and oxygen atoms in total. The number of ether oxygens (including phenoxy) is 5. The topological polar surface area (TPSA) is 141 Å². The number of unbranched alkanes of at least 4 members (excludes halogenated alkanes) is 3. The quantitative estimate of drug-likeness (QED) is 0.0148. The van der Waals surface area contributed by atoms with Crippen LogP contribution in [0.4, 0.5) is 0 Å². The summed E-state index contributed by atoms with van der Waals surface area (Å²) in [6, 6.07) is 25.8. The molecule has 0 aliphatic carbocycles. The number of rotatable bonds is 22. The molecule has 0 fully saturated rings. The largest absolute Gasteiger partial charge is 0.494 e. The maximum Gasteiger partial charge on any atom is 0.343 e. The summed E-state index contributed by atoms with van der Waals surface area (Å²) in [5.74, 6) is 0.762. The Bertz CT molecular complexity index is 1890. The lowest BCUT2D eigenvalue weighted by atomic mass is 10.2. The van der Waals surface area contributed by atoms with Crippen LogP contribution in [0, 0.1) is 0 Å². The third-order valence-electron chi connectivity index (χ3n) is 7.33. The van der Waals surface area contributed by atoms with E-state index in [-0.39, 0.29) is 12.4 Å². The van der Waals surface area contributed by atoms with Crippen LogP contribution in [0.1, 0.15) is 59.7 Å². The average molecular weight is 735 g/mol. The molecule has 4 aromatic carbocycles. The van der Waals surface area contributed by atoms with E-state index >= 15 is 0 Å². The van der Waals surface area contributed by atoms with E-state index in [1.807, 2.05) is 6.92 Å². The van der Waals surface area contributed by atoms with E-state index in [1.54, 1.807) is 103 Å². The van der Waals surface area contributed by atoms with Crippen molar-refractivity contribution in [1.82, 2.24) is 0 Å². The molecule has 0 bridgehead atoms. The van der Waals surface area contributed by atoms with Gasteiger partial charge in [-0.25, -0.2) is 14.4 Å². The Labute approximate surface area is 314 Å². The van der Waals surface area contributed by atoms with Crippen molar-refractivity contribution in [3.63, 3.8) is 0 Å². The number of carbonyl (C=O) groups is 3. The van der Waals surface area contributed by atoms with Gasteiger partial charge in [0.25, 0.3) is 0 Å². The minimum atomic E-state index is -0.534. The molecule has 0 aliphatic heterocycles. The van der Waals surface area contributed by atoms with Crippen molar-refractivity contribution in [1.29, 1.82) is 0 Å². The van der Waals surface area contributed by atoms with Crippen LogP contribution in [-0.2, 0) is 25.8 Å². The first-order valence-corrected chi connectivity index (χ1v) is 17.3. The second kappa shape index (κ2) is 22.4. The highest BCUT2D eigenvalue weighted by atomic mass is 17.2. The molecule has 0 aromatic heterocycles. The van der Waals surface area contributed by atoms with Crippen molar-refractivity contribution in [2.75, 3.05) is 19.8 Å². The smallest absolute Gasteiger partial charge is 0.343 e. The van der Waals surface area contributed by atoms with Crippen molar-refractivity contribution < 1.29 is 47.8 Å². The molecule has 280 valence electrons. The molecule has 12 heteroatoms. The summed E-state index contributed by atoms with van der Waals surface area (Å²) < 4.78 is 27.2. The molecular weight excluding hydrogens is 692 g/mol. The van der Waals surface area contributed by atoms with Gasteiger partial charge in [-0.15, -0.1) is 0 Å². The third-order valence-corrected chi connectivity index (χ3v) is 7.33. The van der Waals surface area contributed by atoms with Crippen LogP contribution in [0.25, 0.3) is 0 Å². The zero-order chi connectivity index (χ0) is 38.4. The van der Waals surface area contributed by atoms with Gasteiger partial charge in [0.2, 0.25) is 0 Å². The molecule has 0 spiro atoms. The maximum atomic E-state index is 12.9. The fourth-order valence-electron chi connectivity index (χ4n) is 4.57. The lowest BCUT2D eigenvalue weighted by molar-refractivity contribution is -0.217. The maximum absolute atomic E-state index is 12.9. The molecule has 0 saturated heterocycles. The first kappa shape index (κ1) is 40.2. The molecule has 0 unspecified atom stereocenters. The zero-order valence-electron chi connectivity index (χ0n) is 30.0. The molecule has 0 N–H and O–H groups in total. The second-order valence-corrected chi connectivity index (χ2v) is 11.4. The molecule has 0 radical (unpaired) electrons. The monoisotopic (exact) mass is 734 g/mol. The predicted molar refractivity (Wildman–Crippen MR) is 203 cm³/mol. The van der Waals surface area contributed by atoms with Gasteiger partial charge in [0.05, 0.1) is 37.8 Å². The summed E-state index contributed by atoms with van der Waals surface area (Å²) in [6.45, 7) is 10.1. The van der Waals surface area contributed by atoms with Crippen LogP contribution < -0.4 is 23.8 Å². The highest BCUT2D eigenvalue weighted by Gasteiger charge is 2.14. The summed E-state index contributed by atoms with van der Waals surface area (Å²) in [4.78, 5) is 45.9. The Kier molecular flexibility index (Phi) is 16.7. The Morgan fingerprint density at radius 1 is 0.630 bits per heavy atom. The van der Waals surface area contributed by atoms with E-state index in [9.17, 15) is 14.4 Å². The molecule has 0 saturated carbocycles. The highest BCUT2D eigenvalue weighted by Crippen LogP contribution is 2.29. The van der Waals surface area contributed by atoms with Crippen molar-refractivity contribution in [3.8, 4) is 28.7 Å². The fourth-order valence-corrected chi connectivity index (χ4v) is 4.57. The van der Waals surface area contributed by atoms with Crippen LogP contribution in [0.2, 0.25) is 0 Å². The Morgan fingerprint density at radius 3 is 1.94 bits per heavy atom. The van der Waals surface area contributed by atoms with Gasteiger partial charge in [-0.2, -0.15) is 15.1 Å². The van der Waals surface area contributed by atoms with Gasteiger partial charge in [-0.3, -0.25) is 0 Å². The molecule has 0 atom stereocenters. The normalized spacial score (nSPS) is 10.8. The summed E-state index contributed by atoms with van der Waals surface area (Å²) >= 11 is 0. The van der Waals surface area contributed by atoms with Crippen molar-refractivity contribution in [2.45, 2.75) is 39.2 Å². The van der Waals surface area contributed by atoms with Gasteiger partial charge in [-0.05, 0) is 128 Å². The van der Waals surface area contributed by atoms with Gasteiger partial charge in [0.15, 0.2) is 17.2 Å². The Hall–Kier alpha value is -6.53. The van der Waals surface area contributed by atoms with E-state index in [0.29, 0.717) is 53.9 Å². The van der Waals surface area contributed by atoms with Crippen molar-refractivity contribution in [2.24, 2.45) is 10.2 Å². The predicted octanol–water partition coefficient (Wildman–Crippen LogP) is 8.03. The van der Waals surface area contributed by atoms with Crippen LogP contribution in [0.3, 0.4) is 0 Å². The second-order valence-electron chi connectivity index (χ2n) is 11.4. The first-order chi connectivity index (χ1) is 26.4. The Balaban J connectivity index is 1.19. The van der Waals surface area contributed by atoms with Crippen LogP contribution >= 0.6 is 0 Å². The summed E-state index contributed by atoms with van der Waals surface area (Å²) in [7, 11) is 0. The van der Waals surface area contributed by atoms with E-state index < -0.39 is 17.9 Å². The Morgan fingerprint density at radius 2 is 1.26 bits per heavy atom. The number of nitrogens with zero attached hydrogens (tertiary/aromatic N) is 2. The minimum absolute atomic E-state index is 0.190. The highest BCUT2D eigenvalue weighted by molar-refractivity contribution is 5.92. The molecule has 4 rings (SSSR count). The molecule has 0 heterocycles. The van der Waals surface area contributed by atoms with Crippen LogP contribution in [0.15, 0.2) is 127 Å². The fraction of sp³-hybridized carbons (Fsp3) is 0.214. The van der Waals surface area contributed by atoms with Crippen molar-refractivity contribution >= 4 is 30.3 Å². The van der Waals surface area contributed by atoms with Gasteiger partial charge < -0.3 is 28.6 Å². The number of carbonyl (C=O) groups excluding carboxylic acids is 3. The summed E-state index contributed by atoms with van der Waals surface area (Å²) in [5.41, 5.74) is 2.68. The molecular formula is C42H42N2O10. The number of hydrogen-bond donors (Lipinski definition) is 0. The summed E-state index contributed by atoms with van der Waals surface area (Å²) in [6.07, 6.45) is 8.91. The molecule has 0 amide bonds. The van der Waals surface area contributed by atoms with Crippen LogP contribution in [0.5, 0.6) is 28.7 Å².